The number of anilines is 1. The van der Waals surface area contributed by atoms with E-state index in [2.05, 4.69) is 30.1 Å². The Morgan fingerprint density at radius 3 is 2.69 bits per heavy atom. The summed E-state index contributed by atoms with van der Waals surface area (Å²) in [6.45, 7) is 10.2. The highest BCUT2D eigenvalue weighted by molar-refractivity contribution is 6.00. The standard InChI is InChI=1S/C25H37N3O4/c1-3-18(2)21-6-4-5-7-22(21)28-16-20(14-24(28)29)25(30)26-15-23(19-8-11-32-17-19)27-9-12-31-13-10-27/h4-7,18-20,23H,3,8-17H2,1-2H3,(H,26,30). The van der Waals surface area contributed by atoms with Gasteiger partial charge in [0.2, 0.25) is 11.8 Å². The number of hydrogen-bond donors (Lipinski definition) is 1. The summed E-state index contributed by atoms with van der Waals surface area (Å²) >= 11 is 0. The number of carbonyl (C=O) groups is 2. The molecule has 3 fully saturated rings. The second-order valence-electron chi connectivity index (χ2n) is 9.36. The minimum Gasteiger partial charge on any atom is -0.381 e. The van der Waals surface area contributed by atoms with E-state index in [1.165, 1.54) is 5.56 Å². The molecule has 0 aromatic heterocycles. The van der Waals surface area contributed by atoms with E-state index in [0.29, 0.717) is 24.9 Å². The van der Waals surface area contributed by atoms with Crippen LogP contribution in [-0.2, 0) is 19.1 Å². The van der Waals surface area contributed by atoms with Crippen molar-refractivity contribution in [3.63, 3.8) is 0 Å². The SMILES string of the molecule is CCC(C)c1ccccc1N1CC(C(=O)NCC(C2CCOC2)N2CCOCC2)CC1=O. The molecule has 176 valence electrons. The number of rotatable bonds is 8. The molecular weight excluding hydrogens is 406 g/mol. The molecule has 32 heavy (non-hydrogen) atoms. The highest BCUT2D eigenvalue weighted by Gasteiger charge is 2.37. The Hall–Kier alpha value is -1.96. The predicted molar refractivity (Wildman–Crippen MR) is 124 cm³/mol. The van der Waals surface area contributed by atoms with E-state index in [-0.39, 0.29) is 30.2 Å². The number of para-hydroxylation sites is 1. The summed E-state index contributed by atoms with van der Waals surface area (Å²) in [6.07, 6.45) is 2.31. The first kappa shape index (κ1) is 23.2. The highest BCUT2D eigenvalue weighted by atomic mass is 16.5. The number of benzene rings is 1. The second kappa shape index (κ2) is 10.8. The molecule has 7 nitrogen and oxygen atoms in total. The van der Waals surface area contributed by atoms with Crippen molar-refractivity contribution in [2.24, 2.45) is 11.8 Å². The minimum absolute atomic E-state index is 0.0148. The van der Waals surface area contributed by atoms with Crippen LogP contribution in [0.25, 0.3) is 0 Å². The summed E-state index contributed by atoms with van der Waals surface area (Å²) in [4.78, 5) is 30.2. The molecule has 4 unspecified atom stereocenters. The van der Waals surface area contributed by atoms with E-state index >= 15 is 0 Å². The molecule has 3 aliphatic heterocycles. The smallest absolute Gasteiger partial charge is 0.227 e. The van der Waals surface area contributed by atoms with Crippen molar-refractivity contribution < 1.29 is 19.1 Å². The van der Waals surface area contributed by atoms with Crippen molar-refractivity contribution in [1.29, 1.82) is 0 Å². The van der Waals surface area contributed by atoms with Crippen molar-refractivity contribution in [3.8, 4) is 0 Å². The molecular formula is C25H37N3O4. The Labute approximate surface area is 191 Å². The monoisotopic (exact) mass is 443 g/mol. The van der Waals surface area contributed by atoms with Crippen molar-refractivity contribution in [2.45, 2.75) is 45.1 Å². The lowest BCUT2D eigenvalue weighted by Gasteiger charge is -2.37. The Balaban J connectivity index is 1.39. The van der Waals surface area contributed by atoms with E-state index in [9.17, 15) is 9.59 Å². The van der Waals surface area contributed by atoms with E-state index in [0.717, 1.165) is 58.0 Å². The van der Waals surface area contributed by atoms with Gasteiger partial charge in [0.15, 0.2) is 0 Å². The van der Waals surface area contributed by atoms with Gasteiger partial charge in [0.05, 0.1) is 25.7 Å². The fourth-order valence-electron chi connectivity index (χ4n) is 5.19. The maximum atomic E-state index is 13.1. The fraction of sp³-hybridized carbons (Fsp3) is 0.680. The third-order valence-corrected chi connectivity index (χ3v) is 7.38. The van der Waals surface area contributed by atoms with Gasteiger partial charge in [0.25, 0.3) is 0 Å². The largest absolute Gasteiger partial charge is 0.381 e. The molecule has 1 aromatic carbocycles. The van der Waals surface area contributed by atoms with Gasteiger partial charge in [-0.15, -0.1) is 0 Å². The van der Waals surface area contributed by atoms with E-state index in [1.54, 1.807) is 0 Å². The zero-order valence-electron chi connectivity index (χ0n) is 19.4. The number of ether oxygens (including phenoxy) is 2. The van der Waals surface area contributed by atoms with Crippen molar-refractivity contribution >= 4 is 17.5 Å². The van der Waals surface area contributed by atoms with Crippen LogP contribution in [-0.4, -0.2) is 75.4 Å². The molecule has 0 saturated carbocycles. The molecule has 1 N–H and O–H groups in total. The molecule has 2 amide bonds. The summed E-state index contributed by atoms with van der Waals surface area (Å²) in [5.41, 5.74) is 2.13. The van der Waals surface area contributed by atoms with Gasteiger partial charge < -0.3 is 19.7 Å². The number of nitrogens with one attached hydrogen (secondary N) is 1. The first-order valence-corrected chi connectivity index (χ1v) is 12.1. The first-order chi connectivity index (χ1) is 15.6. The summed E-state index contributed by atoms with van der Waals surface area (Å²) in [5.74, 6) is 0.513. The van der Waals surface area contributed by atoms with Crippen LogP contribution < -0.4 is 10.2 Å². The molecule has 3 saturated heterocycles. The third-order valence-electron chi connectivity index (χ3n) is 7.38. The van der Waals surface area contributed by atoms with Crippen LogP contribution in [0, 0.1) is 11.8 Å². The van der Waals surface area contributed by atoms with Crippen LogP contribution in [0.1, 0.15) is 44.6 Å². The van der Waals surface area contributed by atoms with Crippen molar-refractivity contribution in [2.75, 3.05) is 57.5 Å². The Morgan fingerprint density at radius 2 is 1.97 bits per heavy atom. The van der Waals surface area contributed by atoms with Crippen molar-refractivity contribution in [3.05, 3.63) is 29.8 Å². The molecule has 0 radical (unpaired) electrons. The molecule has 7 heteroatoms. The topological polar surface area (TPSA) is 71.1 Å². The van der Waals surface area contributed by atoms with Crippen LogP contribution in [0.3, 0.4) is 0 Å². The third kappa shape index (κ3) is 5.16. The predicted octanol–water partition coefficient (Wildman–Crippen LogP) is 2.41. The maximum Gasteiger partial charge on any atom is 0.227 e. The normalized spacial score (nSPS) is 26.3. The first-order valence-electron chi connectivity index (χ1n) is 12.1. The molecule has 1 aromatic rings. The van der Waals surface area contributed by atoms with Gasteiger partial charge in [-0.25, -0.2) is 0 Å². The molecule has 4 rings (SSSR count). The van der Waals surface area contributed by atoms with Gasteiger partial charge in [-0.1, -0.05) is 32.0 Å². The molecule has 4 atom stereocenters. The number of carbonyl (C=O) groups excluding carboxylic acids is 2. The van der Waals surface area contributed by atoms with Gasteiger partial charge in [0, 0.05) is 56.9 Å². The highest BCUT2D eigenvalue weighted by Crippen LogP contribution is 2.33. The van der Waals surface area contributed by atoms with E-state index < -0.39 is 0 Å². The van der Waals surface area contributed by atoms with Gasteiger partial charge in [-0.3, -0.25) is 14.5 Å². The van der Waals surface area contributed by atoms with Crippen LogP contribution >= 0.6 is 0 Å². The van der Waals surface area contributed by atoms with Gasteiger partial charge in [-0.05, 0) is 30.4 Å². The Kier molecular flexibility index (Phi) is 7.81. The Bertz CT molecular complexity index is 789. The van der Waals surface area contributed by atoms with Gasteiger partial charge in [-0.2, -0.15) is 0 Å². The fourth-order valence-corrected chi connectivity index (χ4v) is 5.19. The molecule has 3 heterocycles. The minimum atomic E-state index is -0.308. The summed E-state index contributed by atoms with van der Waals surface area (Å²) in [6, 6.07) is 8.35. The zero-order valence-corrected chi connectivity index (χ0v) is 19.4. The average Bonchev–Trinajstić information content (AvgIpc) is 3.49. The maximum absolute atomic E-state index is 13.1. The number of hydrogen-bond acceptors (Lipinski definition) is 5. The van der Waals surface area contributed by atoms with E-state index in [4.69, 9.17) is 9.47 Å². The molecule has 3 aliphatic rings. The summed E-state index contributed by atoms with van der Waals surface area (Å²) in [7, 11) is 0. The van der Waals surface area contributed by atoms with Crippen LogP contribution in [0.5, 0.6) is 0 Å². The average molecular weight is 444 g/mol. The molecule has 0 bridgehead atoms. The Morgan fingerprint density at radius 1 is 1.19 bits per heavy atom. The van der Waals surface area contributed by atoms with Crippen molar-refractivity contribution in [1.82, 2.24) is 10.2 Å². The van der Waals surface area contributed by atoms with Crippen LogP contribution in [0.2, 0.25) is 0 Å². The number of amides is 2. The van der Waals surface area contributed by atoms with Gasteiger partial charge in [0.1, 0.15) is 0 Å². The van der Waals surface area contributed by atoms with E-state index in [1.807, 2.05) is 23.1 Å². The quantitative estimate of drug-likeness (QED) is 0.668. The summed E-state index contributed by atoms with van der Waals surface area (Å²) in [5, 5.41) is 3.18. The number of morpholine rings is 1. The van der Waals surface area contributed by atoms with Gasteiger partial charge >= 0.3 is 0 Å². The lowest BCUT2D eigenvalue weighted by Crippen LogP contribution is -2.53. The molecule has 0 spiro atoms. The van der Waals surface area contributed by atoms with Crippen LogP contribution in [0.15, 0.2) is 24.3 Å². The zero-order chi connectivity index (χ0) is 22.5. The summed E-state index contributed by atoms with van der Waals surface area (Å²) < 4.78 is 11.1. The lowest BCUT2D eigenvalue weighted by atomic mass is 9.96. The second-order valence-corrected chi connectivity index (χ2v) is 9.36. The van der Waals surface area contributed by atoms with Crippen LogP contribution in [0.4, 0.5) is 5.69 Å². The number of nitrogens with zero attached hydrogens (tertiary/aromatic N) is 2. The molecule has 0 aliphatic carbocycles. The lowest BCUT2D eigenvalue weighted by molar-refractivity contribution is -0.126.